The molecule has 1 saturated heterocycles. The molecule has 2 heterocycles. The molecule has 0 radical (unpaired) electrons. The van der Waals surface area contributed by atoms with E-state index in [1.807, 2.05) is 16.7 Å². The van der Waals surface area contributed by atoms with Crippen LogP contribution in [0.2, 0.25) is 0 Å². The fraction of sp³-hybridized carbons (Fsp3) is 0.400. The predicted molar refractivity (Wildman–Crippen MR) is 112 cm³/mol. The van der Waals surface area contributed by atoms with Gasteiger partial charge in [0.2, 0.25) is 0 Å². The van der Waals surface area contributed by atoms with E-state index in [2.05, 4.69) is 88.0 Å². The Kier molecular flexibility index (Phi) is 6.61. The Labute approximate surface area is 163 Å². The number of benzene rings is 2. The van der Waals surface area contributed by atoms with Crippen molar-refractivity contribution in [1.82, 2.24) is 9.80 Å². The van der Waals surface area contributed by atoms with Crippen LogP contribution in [0, 0.1) is 0 Å². The third kappa shape index (κ3) is 3.98. The van der Waals surface area contributed by atoms with Gasteiger partial charge in [0.1, 0.15) is 0 Å². The number of hydrogen-bond donors (Lipinski definition) is 0. The summed E-state index contributed by atoms with van der Waals surface area (Å²) in [6, 6.07) is 18.4. The van der Waals surface area contributed by atoms with Crippen LogP contribution in [0.3, 0.4) is 0 Å². The number of piperazine rings is 1. The Morgan fingerprint density at radius 1 is 0.875 bits per heavy atom. The third-order valence-corrected chi connectivity index (χ3v) is 6.07. The SMILES string of the molecule is CI.CN1CCN(C2Cc3ccccc3Sc3ccccc32)CC1. The molecule has 0 amide bonds. The van der Waals surface area contributed by atoms with Gasteiger partial charge in [-0.3, -0.25) is 4.90 Å². The highest BCUT2D eigenvalue weighted by atomic mass is 127. The second-order valence-electron chi connectivity index (χ2n) is 6.31. The van der Waals surface area contributed by atoms with Gasteiger partial charge in [0.25, 0.3) is 0 Å². The van der Waals surface area contributed by atoms with E-state index < -0.39 is 0 Å². The van der Waals surface area contributed by atoms with Crippen LogP contribution in [-0.2, 0) is 6.42 Å². The smallest absolute Gasteiger partial charge is 0.0401 e. The maximum atomic E-state index is 2.68. The van der Waals surface area contributed by atoms with Crippen LogP contribution < -0.4 is 0 Å². The van der Waals surface area contributed by atoms with Crippen molar-refractivity contribution in [3.8, 4) is 0 Å². The minimum Gasteiger partial charge on any atom is -0.304 e. The molecule has 4 heteroatoms. The zero-order chi connectivity index (χ0) is 16.9. The standard InChI is InChI=1S/C19H22N2S.CH3I/c1-20-10-12-21(13-11-20)17-14-15-6-2-4-8-18(15)22-19-9-5-3-7-16(17)19;1-2/h2-9,17H,10-14H2,1H3;1H3. The molecule has 0 aliphatic carbocycles. The van der Waals surface area contributed by atoms with Gasteiger partial charge in [-0.2, -0.15) is 0 Å². The summed E-state index contributed by atoms with van der Waals surface area (Å²) in [6.45, 7) is 4.69. The first-order valence-electron chi connectivity index (χ1n) is 8.46. The minimum atomic E-state index is 0.515. The van der Waals surface area contributed by atoms with E-state index in [0.717, 1.165) is 6.42 Å². The quantitative estimate of drug-likeness (QED) is 0.456. The fourth-order valence-corrected chi connectivity index (χ4v) is 4.65. The molecule has 0 saturated carbocycles. The molecule has 24 heavy (non-hydrogen) atoms. The molecule has 2 aromatic rings. The van der Waals surface area contributed by atoms with E-state index in [4.69, 9.17) is 0 Å². The lowest BCUT2D eigenvalue weighted by Crippen LogP contribution is -2.46. The number of likely N-dealkylation sites (N-methyl/N-ethyl adjacent to an activating group) is 1. The Morgan fingerprint density at radius 3 is 2.25 bits per heavy atom. The lowest BCUT2D eigenvalue weighted by molar-refractivity contribution is 0.110. The molecular formula is C20H25IN2S. The molecule has 128 valence electrons. The van der Waals surface area contributed by atoms with Crippen molar-refractivity contribution in [3.63, 3.8) is 0 Å². The first-order chi connectivity index (χ1) is 11.8. The molecule has 1 fully saturated rings. The molecule has 2 nitrogen and oxygen atoms in total. The average molecular weight is 452 g/mol. The second-order valence-corrected chi connectivity index (χ2v) is 7.39. The zero-order valence-electron chi connectivity index (χ0n) is 14.4. The van der Waals surface area contributed by atoms with E-state index in [9.17, 15) is 0 Å². The first kappa shape index (κ1) is 18.2. The summed E-state index contributed by atoms with van der Waals surface area (Å²) in [5.74, 6) is 0. The lowest BCUT2D eigenvalue weighted by atomic mass is 9.97. The largest absolute Gasteiger partial charge is 0.304 e. The van der Waals surface area contributed by atoms with E-state index in [1.165, 1.54) is 47.1 Å². The lowest BCUT2D eigenvalue weighted by Gasteiger charge is -2.38. The van der Waals surface area contributed by atoms with Crippen LogP contribution >= 0.6 is 34.4 Å². The summed E-state index contributed by atoms with van der Waals surface area (Å²) in [5.41, 5.74) is 3.00. The van der Waals surface area contributed by atoms with E-state index >= 15 is 0 Å². The van der Waals surface area contributed by atoms with Crippen molar-refractivity contribution in [3.05, 3.63) is 59.7 Å². The Balaban J connectivity index is 0.000000815. The number of fused-ring (bicyclic) bond motifs is 2. The molecule has 0 bridgehead atoms. The summed E-state index contributed by atoms with van der Waals surface area (Å²) in [6.07, 6.45) is 1.13. The number of hydrogen-bond acceptors (Lipinski definition) is 3. The minimum absolute atomic E-state index is 0.515. The van der Waals surface area contributed by atoms with Crippen molar-refractivity contribution in [2.24, 2.45) is 0 Å². The number of nitrogens with zero attached hydrogens (tertiary/aromatic N) is 2. The van der Waals surface area contributed by atoms with Crippen molar-refractivity contribution in [1.29, 1.82) is 0 Å². The van der Waals surface area contributed by atoms with Crippen molar-refractivity contribution in [2.45, 2.75) is 22.3 Å². The maximum absolute atomic E-state index is 2.68. The summed E-state index contributed by atoms with van der Waals surface area (Å²) in [5, 5.41) is 0. The summed E-state index contributed by atoms with van der Waals surface area (Å²) in [4.78, 5) is 9.93. The van der Waals surface area contributed by atoms with E-state index in [-0.39, 0.29) is 0 Å². The van der Waals surface area contributed by atoms with Crippen LogP contribution in [-0.4, -0.2) is 48.0 Å². The van der Waals surface area contributed by atoms with Gasteiger partial charge >= 0.3 is 0 Å². The maximum Gasteiger partial charge on any atom is 0.0401 e. The van der Waals surface area contributed by atoms with Crippen LogP contribution in [0.15, 0.2) is 58.3 Å². The molecule has 1 atom stereocenters. The highest BCUT2D eigenvalue weighted by Gasteiger charge is 2.28. The molecule has 0 aromatic heterocycles. The van der Waals surface area contributed by atoms with Gasteiger partial charge < -0.3 is 4.90 Å². The Bertz CT molecular complexity index is 668. The van der Waals surface area contributed by atoms with Crippen molar-refractivity contribution in [2.75, 3.05) is 38.2 Å². The molecular weight excluding hydrogens is 427 g/mol. The highest BCUT2D eigenvalue weighted by Crippen LogP contribution is 2.42. The van der Waals surface area contributed by atoms with Crippen LogP contribution in [0.4, 0.5) is 0 Å². The molecule has 4 rings (SSSR count). The van der Waals surface area contributed by atoms with Gasteiger partial charge in [-0.1, -0.05) is 70.8 Å². The molecule has 2 aliphatic heterocycles. The van der Waals surface area contributed by atoms with Crippen LogP contribution in [0.5, 0.6) is 0 Å². The molecule has 0 N–H and O–H groups in total. The van der Waals surface area contributed by atoms with Crippen LogP contribution in [0.25, 0.3) is 0 Å². The van der Waals surface area contributed by atoms with Gasteiger partial charge in [0.05, 0.1) is 0 Å². The highest BCUT2D eigenvalue weighted by molar-refractivity contribution is 14.1. The van der Waals surface area contributed by atoms with Gasteiger partial charge in [-0.15, -0.1) is 0 Å². The van der Waals surface area contributed by atoms with Gasteiger partial charge in [-0.25, -0.2) is 0 Å². The molecule has 0 spiro atoms. The summed E-state index contributed by atoms with van der Waals surface area (Å²) in [7, 11) is 2.23. The number of alkyl halides is 1. The van der Waals surface area contributed by atoms with Crippen molar-refractivity contribution < 1.29 is 0 Å². The molecule has 1 unspecified atom stereocenters. The molecule has 2 aliphatic rings. The van der Waals surface area contributed by atoms with E-state index in [0.29, 0.717) is 6.04 Å². The number of rotatable bonds is 1. The van der Waals surface area contributed by atoms with Gasteiger partial charge in [0.15, 0.2) is 0 Å². The monoisotopic (exact) mass is 452 g/mol. The second kappa shape index (κ2) is 8.70. The summed E-state index contributed by atoms with van der Waals surface area (Å²) < 4.78 is 0. The molecule has 2 aromatic carbocycles. The first-order valence-corrected chi connectivity index (χ1v) is 11.4. The van der Waals surface area contributed by atoms with Gasteiger partial charge in [-0.05, 0) is 41.7 Å². The van der Waals surface area contributed by atoms with Crippen molar-refractivity contribution >= 4 is 34.4 Å². The predicted octanol–water partition coefficient (Wildman–Crippen LogP) is 4.73. The Morgan fingerprint density at radius 2 is 1.50 bits per heavy atom. The Hall–Kier alpha value is -0.560. The van der Waals surface area contributed by atoms with E-state index in [1.54, 1.807) is 0 Å². The third-order valence-electron chi connectivity index (χ3n) is 4.86. The van der Waals surface area contributed by atoms with Gasteiger partial charge in [0, 0.05) is 42.0 Å². The fourth-order valence-electron chi connectivity index (χ4n) is 3.52. The number of halogens is 1. The topological polar surface area (TPSA) is 6.48 Å². The normalized spacial score (nSPS) is 21.0. The average Bonchev–Trinajstić information content (AvgIpc) is 2.81. The van der Waals surface area contributed by atoms with Crippen LogP contribution in [0.1, 0.15) is 17.2 Å². The summed E-state index contributed by atoms with van der Waals surface area (Å²) >= 11 is 4.08. The zero-order valence-corrected chi connectivity index (χ0v) is 17.4.